The second-order valence-corrected chi connectivity index (χ2v) is 4.03. The van der Waals surface area contributed by atoms with Crippen LogP contribution in [0.15, 0.2) is 18.2 Å². The maximum atomic E-state index is 12.8. The average Bonchev–Trinajstić information content (AvgIpc) is 2.18. The molecule has 0 unspecified atom stereocenters. The Bertz CT molecular complexity index is 375. The lowest BCUT2D eigenvalue weighted by Gasteiger charge is -2.17. The summed E-state index contributed by atoms with van der Waals surface area (Å²) in [6, 6.07) is 4.12. The van der Waals surface area contributed by atoms with Crippen LogP contribution in [-0.4, -0.2) is 13.2 Å². The van der Waals surface area contributed by atoms with Crippen LogP contribution in [0.4, 0.5) is 13.2 Å². The van der Waals surface area contributed by atoms with Gasteiger partial charge in [0, 0.05) is 6.54 Å². The van der Waals surface area contributed by atoms with Crippen molar-refractivity contribution in [3.8, 4) is 5.75 Å². The van der Waals surface area contributed by atoms with Crippen molar-refractivity contribution in [1.29, 1.82) is 0 Å². The van der Waals surface area contributed by atoms with E-state index in [0.29, 0.717) is 12.1 Å². The van der Waals surface area contributed by atoms with Crippen molar-refractivity contribution in [2.75, 3.05) is 7.05 Å². The fourth-order valence-electron chi connectivity index (χ4n) is 1.47. The predicted molar refractivity (Wildman–Crippen MR) is 60.0 cm³/mol. The van der Waals surface area contributed by atoms with Gasteiger partial charge in [0.2, 0.25) is 0 Å². The highest BCUT2D eigenvalue weighted by Crippen LogP contribution is 2.37. The van der Waals surface area contributed by atoms with Gasteiger partial charge < -0.3 is 10.1 Å². The van der Waals surface area contributed by atoms with Crippen molar-refractivity contribution in [1.82, 2.24) is 5.32 Å². The SMILES string of the molecule is CNCc1ccc(OC(C)C)c(C(F)(F)F)c1. The van der Waals surface area contributed by atoms with Gasteiger partial charge in [-0.3, -0.25) is 0 Å². The van der Waals surface area contributed by atoms with E-state index in [4.69, 9.17) is 4.74 Å². The monoisotopic (exact) mass is 247 g/mol. The third-order valence-corrected chi connectivity index (χ3v) is 2.09. The van der Waals surface area contributed by atoms with Crippen LogP contribution in [0.2, 0.25) is 0 Å². The molecule has 0 amide bonds. The lowest BCUT2D eigenvalue weighted by atomic mass is 10.1. The number of halogens is 3. The van der Waals surface area contributed by atoms with E-state index in [-0.39, 0.29) is 11.9 Å². The van der Waals surface area contributed by atoms with E-state index in [1.165, 1.54) is 6.07 Å². The summed E-state index contributed by atoms with van der Waals surface area (Å²) in [5.41, 5.74) is -0.144. The highest BCUT2D eigenvalue weighted by molar-refractivity contribution is 5.39. The van der Waals surface area contributed by atoms with Gasteiger partial charge in [-0.25, -0.2) is 0 Å². The van der Waals surface area contributed by atoms with Crippen LogP contribution in [-0.2, 0) is 12.7 Å². The first-order valence-electron chi connectivity index (χ1n) is 5.36. The molecule has 1 rings (SSSR count). The first-order valence-corrected chi connectivity index (χ1v) is 5.36. The number of alkyl halides is 3. The van der Waals surface area contributed by atoms with Gasteiger partial charge >= 0.3 is 6.18 Å². The Kier molecular flexibility index (Phi) is 4.40. The minimum Gasteiger partial charge on any atom is -0.490 e. The lowest BCUT2D eigenvalue weighted by Crippen LogP contribution is -2.14. The number of hydrogen-bond donors (Lipinski definition) is 1. The van der Waals surface area contributed by atoms with Gasteiger partial charge in [-0.1, -0.05) is 6.07 Å². The number of nitrogens with one attached hydrogen (secondary N) is 1. The molecule has 2 nitrogen and oxygen atoms in total. The number of ether oxygens (including phenoxy) is 1. The van der Waals surface area contributed by atoms with Crippen LogP contribution < -0.4 is 10.1 Å². The molecule has 0 bridgehead atoms. The second-order valence-electron chi connectivity index (χ2n) is 4.03. The standard InChI is InChI=1S/C12H16F3NO/c1-8(2)17-11-5-4-9(7-16-3)6-10(11)12(13,14)15/h4-6,8,16H,7H2,1-3H3. The summed E-state index contributed by atoms with van der Waals surface area (Å²) >= 11 is 0. The zero-order chi connectivity index (χ0) is 13.1. The molecule has 5 heteroatoms. The van der Waals surface area contributed by atoms with Crippen molar-refractivity contribution in [2.24, 2.45) is 0 Å². The number of hydrogen-bond acceptors (Lipinski definition) is 2. The normalized spacial score (nSPS) is 11.9. The van der Waals surface area contributed by atoms with Crippen LogP contribution in [0.5, 0.6) is 5.75 Å². The largest absolute Gasteiger partial charge is 0.490 e. The van der Waals surface area contributed by atoms with Crippen LogP contribution in [0, 0.1) is 0 Å². The Morgan fingerprint density at radius 3 is 2.41 bits per heavy atom. The van der Waals surface area contributed by atoms with Crippen molar-refractivity contribution >= 4 is 0 Å². The summed E-state index contributed by atoms with van der Waals surface area (Å²) in [5, 5.41) is 2.81. The van der Waals surface area contributed by atoms with Crippen molar-refractivity contribution < 1.29 is 17.9 Å². The summed E-state index contributed by atoms with van der Waals surface area (Å²) in [5.74, 6) is -0.118. The summed E-state index contributed by atoms with van der Waals surface area (Å²) in [4.78, 5) is 0. The van der Waals surface area contributed by atoms with E-state index in [2.05, 4.69) is 5.32 Å². The summed E-state index contributed by atoms with van der Waals surface area (Å²) in [6.45, 7) is 3.79. The van der Waals surface area contributed by atoms with Crippen LogP contribution in [0.1, 0.15) is 25.0 Å². The smallest absolute Gasteiger partial charge is 0.419 e. The molecule has 0 aliphatic carbocycles. The fraction of sp³-hybridized carbons (Fsp3) is 0.500. The Hall–Kier alpha value is -1.23. The van der Waals surface area contributed by atoms with Gasteiger partial charge in [-0.2, -0.15) is 13.2 Å². The van der Waals surface area contributed by atoms with E-state index in [1.54, 1.807) is 27.0 Å². The fourth-order valence-corrected chi connectivity index (χ4v) is 1.47. The molecule has 17 heavy (non-hydrogen) atoms. The molecule has 1 aromatic rings. The minimum absolute atomic E-state index is 0.118. The Balaban J connectivity index is 3.12. The first-order chi connectivity index (χ1) is 7.84. The zero-order valence-corrected chi connectivity index (χ0v) is 10.1. The van der Waals surface area contributed by atoms with Crippen LogP contribution >= 0.6 is 0 Å². The van der Waals surface area contributed by atoms with Crippen LogP contribution in [0.25, 0.3) is 0 Å². The van der Waals surface area contributed by atoms with Crippen molar-refractivity contribution in [3.05, 3.63) is 29.3 Å². The topological polar surface area (TPSA) is 21.3 Å². The Labute approximate surface area is 98.8 Å². The third-order valence-electron chi connectivity index (χ3n) is 2.09. The third kappa shape index (κ3) is 3.93. The average molecular weight is 247 g/mol. The van der Waals surface area contributed by atoms with Crippen molar-refractivity contribution in [2.45, 2.75) is 32.7 Å². The number of benzene rings is 1. The quantitative estimate of drug-likeness (QED) is 0.882. The van der Waals surface area contributed by atoms with E-state index in [1.807, 2.05) is 0 Å². The summed E-state index contributed by atoms with van der Waals surface area (Å²) in [7, 11) is 1.69. The molecule has 0 atom stereocenters. The zero-order valence-electron chi connectivity index (χ0n) is 10.1. The molecule has 1 N–H and O–H groups in total. The minimum atomic E-state index is -4.39. The molecule has 0 radical (unpaired) electrons. The van der Waals surface area contributed by atoms with E-state index < -0.39 is 11.7 Å². The lowest BCUT2D eigenvalue weighted by molar-refractivity contribution is -0.139. The second kappa shape index (κ2) is 5.40. The molecule has 1 aromatic carbocycles. The number of rotatable bonds is 4. The Morgan fingerprint density at radius 2 is 1.94 bits per heavy atom. The maximum absolute atomic E-state index is 12.8. The molecule has 0 saturated carbocycles. The molecule has 0 saturated heterocycles. The first kappa shape index (κ1) is 13.8. The van der Waals surface area contributed by atoms with Gasteiger partial charge in [0.05, 0.1) is 11.7 Å². The molecule has 0 spiro atoms. The molecule has 0 aliphatic rings. The van der Waals surface area contributed by atoms with Gasteiger partial charge in [0.25, 0.3) is 0 Å². The van der Waals surface area contributed by atoms with Gasteiger partial charge in [-0.15, -0.1) is 0 Å². The van der Waals surface area contributed by atoms with Crippen molar-refractivity contribution in [3.63, 3.8) is 0 Å². The maximum Gasteiger partial charge on any atom is 0.419 e. The van der Waals surface area contributed by atoms with E-state index >= 15 is 0 Å². The van der Waals surface area contributed by atoms with E-state index in [9.17, 15) is 13.2 Å². The molecule has 0 heterocycles. The predicted octanol–water partition coefficient (Wildman–Crippen LogP) is 3.21. The van der Waals surface area contributed by atoms with Gasteiger partial charge in [-0.05, 0) is 38.6 Å². The van der Waals surface area contributed by atoms with E-state index in [0.717, 1.165) is 6.07 Å². The summed E-state index contributed by atoms with van der Waals surface area (Å²) < 4.78 is 43.6. The van der Waals surface area contributed by atoms with Gasteiger partial charge in [0.1, 0.15) is 5.75 Å². The summed E-state index contributed by atoms with van der Waals surface area (Å²) in [6.07, 6.45) is -4.68. The molecule has 0 fully saturated rings. The molecular formula is C12H16F3NO. The Morgan fingerprint density at radius 1 is 1.29 bits per heavy atom. The highest BCUT2D eigenvalue weighted by Gasteiger charge is 2.34. The molecule has 0 aliphatic heterocycles. The molecular weight excluding hydrogens is 231 g/mol. The molecule has 96 valence electrons. The van der Waals surface area contributed by atoms with Gasteiger partial charge in [0.15, 0.2) is 0 Å². The van der Waals surface area contributed by atoms with Crippen LogP contribution in [0.3, 0.4) is 0 Å². The molecule has 0 aromatic heterocycles. The highest BCUT2D eigenvalue weighted by atomic mass is 19.4.